The summed E-state index contributed by atoms with van der Waals surface area (Å²) in [6, 6.07) is 1.60. The SMILES string of the molecule is Cc1cc(C(=O)O)ncc1Cn1cc(C2CCC(C)CC2)nn1. The van der Waals surface area contributed by atoms with Crippen LogP contribution in [0.1, 0.15) is 65.8 Å². The van der Waals surface area contributed by atoms with Gasteiger partial charge in [0.1, 0.15) is 5.69 Å². The molecule has 0 saturated heterocycles. The molecule has 122 valence electrons. The van der Waals surface area contributed by atoms with Gasteiger partial charge >= 0.3 is 5.97 Å². The van der Waals surface area contributed by atoms with Gasteiger partial charge in [0, 0.05) is 18.3 Å². The van der Waals surface area contributed by atoms with Gasteiger partial charge in [-0.2, -0.15) is 0 Å². The summed E-state index contributed by atoms with van der Waals surface area (Å²) < 4.78 is 1.82. The number of nitrogens with zero attached hydrogens (tertiary/aromatic N) is 4. The van der Waals surface area contributed by atoms with Gasteiger partial charge < -0.3 is 5.11 Å². The molecule has 1 aliphatic carbocycles. The molecule has 0 amide bonds. The van der Waals surface area contributed by atoms with Crippen LogP contribution in [-0.4, -0.2) is 31.1 Å². The summed E-state index contributed by atoms with van der Waals surface area (Å²) in [4.78, 5) is 14.9. The molecule has 0 aliphatic heterocycles. The Morgan fingerprint density at radius 1 is 1.35 bits per heavy atom. The van der Waals surface area contributed by atoms with Gasteiger partial charge in [0.25, 0.3) is 0 Å². The average molecular weight is 314 g/mol. The minimum Gasteiger partial charge on any atom is -0.477 e. The maximum absolute atomic E-state index is 10.9. The Labute approximate surface area is 135 Å². The second-order valence-corrected chi connectivity index (χ2v) is 6.60. The minimum absolute atomic E-state index is 0.0712. The number of pyridine rings is 1. The van der Waals surface area contributed by atoms with Crippen LogP contribution in [0.15, 0.2) is 18.5 Å². The van der Waals surface area contributed by atoms with E-state index in [-0.39, 0.29) is 5.69 Å². The van der Waals surface area contributed by atoms with Crippen LogP contribution in [0.25, 0.3) is 0 Å². The van der Waals surface area contributed by atoms with Crippen LogP contribution in [0, 0.1) is 12.8 Å². The quantitative estimate of drug-likeness (QED) is 0.938. The van der Waals surface area contributed by atoms with Gasteiger partial charge in [0.2, 0.25) is 0 Å². The summed E-state index contributed by atoms with van der Waals surface area (Å²) in [7, 11) is 0. The molecule has 0 radical (unpaired) electrons. The highest BCUT2D eigenvalue weighted by atomic mass is 16.4. The van der Waals surface area contributed by atoms with E-state index in [0.717, 1.165) is 22.7 Å². The summed E-state index contributed by atoms with van der Waals surface area (Å²) in [6.07, 6.45) is 8.53. The van der Waals surface area contributed by atoms with Crippen molar-refractivity contribution in [3.05, 3.63) is 41.0 Å². The number of carboxylic acids is 1. The summed E-state index contributed by atoms with van der Waals surface area (Å²) in [5, 5.41) is 17.5. The molecule has 1 N–H and O–H groups in total. The molecule has 23 heavy (non-hydrogen) atoms. The Hall–Kier alpha value is -2.24. The lowest BCUT2D eigenvalue weighted by molar-refractivity contribution is 0.0690. The summed E-state index contributed by atoms with van der Waals surface area (Å²) in [6.45, 7) is 4.77. The smallest absolute Gasteiger partial charge is 0.354 e. The van der Waals surface area contributed by atoms with Gasteiger partial charge in [-0.25, -0.2) is 14.5 Å². The van der Waals surface area contributed by atoms with Crippen molar-refractivity contribution in [1.29, 1.82) is 0 Å². The number of rotatable bonds is 4. The van der Waals surface area contributed by atoms with E-state index >= 15 is 0 Å². The zero-order chi connectivity index (χ0) is 16.4. The number of hydrogen-bond donors (Lipinski definition) is 1. The van der Waals surface area contributed by atoms with E-state index in [0.29, 0.717) is 12.5 Å². The molecular formula is C17H22N4O2. The zero-order valence-electron chi connectivity index (χ0n) is 13.6. The molecule has 1 fully saturated rings. The van der Waals surface area contributed by atoms with E-state index in [1.54, 1.807) is 12.3 Å². The zero-order valence-corrected chi connectivity index (χ0v) is 13.6. The van der Waals surface area contributed by atoms with Crippen LogP contribution in [0.2, 0.25) is 0 Å². The lowest BCUT2D eigenvalue weighted by Crippen LogP contribution is -2.11. The highest BCUT2D eigenvalue weighted by molar-refractivity contribution is 5.85. The summed E-state index contributed by atoms with van der Waals surface area (Å²) in [5.41, 5.74) is 3.01. The van der Waals surface area contributed by atoms with Crippen molar-refractivity contribution in [3.8, 4) is 0 Å². The van der Waals surface area contributed by atoms with Crippen molar-refractivity contribution in [3.63, 3.8) is 0 Å². The second-order valence-electron chi connectivity index (χ2n) is 6.60. The molecule has 0 spiro atoms. The molecule has 6 heteroatoms. The van der Waals surface area contributed by atoms with Gasteiger partial charge in [0.15, 0.2) is 0 Å². The third-order valence-corrected chi connectivity index (χ3v) is 4.76. The predicted octanol–water partition coefficient (Wildman–Crippen LogP) is 3.02. The molecule has 1 aliphatic rings. The Morgan fingerprint density at radius 3 is 2.74 bits per heavy atom. The molecule has 0 atom stereocenters. The third-order valence-electron chi connectivity index (χ3n) is 4.76. The summed E-state index contributed by atoms with van der Waals surface area (Å²) >= 11 is 0. The number of carbonyl (C=O) groups is 1. The van der Waals surface area contributed by atoms with Gasteiger partial charge in [-0.15, -0.1) is 5.10 Å². The Kier molecular flexibility index (Phi) is 4.41. The standard InChI is InChI=1S/C17H22N4O2/c1-11-3-5-13(6-4-11)16-10-21(20-19-16)9-14-8-18-15(17(22)23)7-12(14)2/h7-8,10-11,13H,3-6,9H2,1-2H3,(H,22,23). The molecule has 2 heterocycles. The normalized spacial score (nSPS) is 21.3. The molecule has 3 rings (SSSR count). The molecular weight excluding hydrogens is 292 g/mol. The Morgan fingerprint density at radius 2 is 2.09 bits per heavy atom. The van der Waals surface area contributed by atoms with Crippen molar-refractivity contribution < 1.29 is 9.90 Å². The van der Waals surface area contributed by atoms with Crippen molar-refractivity contribution in [2.24, 2.45) is 5.92 Å². The van der Waals surface area contributed by atoms with Gasteiger partial charge in [-0.3, -0.25) is 0 Å². The number of aryl methyl sites for hydroxylation is 1. The van der Waals surface area contributed by atoms with Crippen LogP contribution in [0.5, 0.6) is 0 Å². The van der Waals surface area contributed by atoms with E-state index in [2.05, 4.69) is 22.2 Å². The topological polar surface area (TPSA) is 80.9 Å². The lowest BCUT2D eigenvalue weighted by Gasteiger charge is -2.24. The van der Waals surface area contributed by atoms with Crippen molar-refractivity contribution in [1.82, 2.24) is 20.0 Å². The van der Waals surface area contributed by atoms with Gasteiger partial charge in [-0.1, -0.05) is 25.0 Å². The monoisotopic (exact) mass is 314 g/mol. The van der Waals surface area contributed by atoms with E-state index in [9.17, 15) is 4.79 Å². The molecule has 6 nitrogen and oxygen atoms in total. The maximum Gasteiger partial charge on any atom is 0.354 e. The highest BCUT2D eigenvalue weighted by Crippen LogP contribution is 2.34. The van der Waals surface area contributed by atoms with Crippen molar-refractivity contribution in [2.45, 2.75) is 52.0 Å². The number of aromatic carboxylic acids is 1. The maximum atomic E-state index is 10.9. The van der Waals surface area contributed by atoms with Gasteiger partial charge in [-0.05, 0) is 42.9 Å². The van der Waals surface area contributed by atoms with Gasteiger partial charge in [0.05, 0.1) is 12.2 Å². The average Bonchev–Trinajstić information content (AvgIpc) is 2.98. The van der Waals surface area contributed by atoms with E-state index in [1.165, 1.54) is 25.7 Å². The minimum atomic E-state index is -1.01. The van der Waals surface area contributed by atoms with Crippen molar-refractivity contribution >= 4 is 5.97 Å². The van der Waals surface area contributed by atoms with Crippen LogP contribution in [0.3, 0.4) is 0 Å². The lowest BCUT2D eigenvalue weighted by atomic mass is 9.82. The fraction of sp³-hybridized carbons (Fsp3) is 0.529. The first-order chi connectivity index (χ1) is 11.0. The fourth-order valence-electron chi connectivity index (χ4n) is 3.17. The number of aromatic nitrogens is 4. The molecule has 1 saturated carbocycles. The predicted molar refractivity (Wildman–Crippen MR) is 85.4 cm³/mol. The molecule has 0 unspecified atom stereocenters. The van der Waals surface area contributed by atoms with Crippen LogP contribution in [0.4, 0.5) is 0 Å². The second kappa shape index (κ2) is 6.48. The summed E-state index contributed by atoms with van der Waals surface area (Å²) in [5.74, 6) is 0.338. The van der Waals surface area contributed by atoms with E-state index in [1.807, 2.05) is 17.8 Å². The molecule has 0 aromatic carbocycles. The Bertz CT molecular complexity index is 702. The van der Waals surface area contributed by atoms with Crippen LogP contribution < -0.4 is 0 Å². The van der Waals surface area contributed by atoms with Crippen LogP contribution in [-0.2, 0) is 6.54 Å². The van der Waals surface area contributed by atoms with Crippen LogP contribution >= 0.6 is 0 Å². The highest BCUT2D eigenvalue weighted by Gasteiger charge is 2.22. The first-order valence-corrected chi connectivity index (χ1v) is 8.11. The molecule has 0 bridgehead atoms. The van der Waals surface area contributed by atoms with E-state index < -0.39 is 5.97 Å². The fourth-order valence-corrected chi connectivity index (χ4v) is 3.17. The van der Waals surface area contributed by atoms with E-state index in [4.69, 9.17) is 5.11 Å². The number of carboxylic acid groups (broad SMARTS) is 1. The largest absolute Gasteiger partial charge is 0.477 e. The molecule has 2 aromatic rings. The first-order valence-electron chi connectivity index (χ1n) is 8.11. The molecule has 2 aromatic heterocycles. The third kappa shape index (κ3) is 3.57. The Balaban J connectivity index is 1.70. The first kappa shape index (κ1) is 15.6. The number of hydrogen-bond acceptors (Lipinski definition) is 4. The van der Waals surface area contributed by atoms with Crippen molar-refractivity contribution in [2.75, 3.05) is 0 Å².